The summed E-state index contributed by atoms with van der Waals surface area (Å²) in [5.74, 6) is -1.79. The van der Waals surface area contributed by atoms with Gasteiger partial charge in [0.1, 0.15) is 11.6 Å². The Kier molecular flexibility index (Phi) is 10.1. The zero-order valence-corrected chi connectivity index (χ0v) is 25.0. The van der Waals surface area contributed by atoms with Crippen LogP contribution in [-0.4, -0.2) is 93.1 Å². The number of ether oxygens (including phenoxy) is 1. The van der Waals surface area contributed by atoms with E-state index in [1.54, 1.807) is 26.9 Å². The molecule has 3 aliphatic heterocycles. The van der Waals surface area contributed by atoms with Crippen LogP contribution in [0.2, 0.25) is 0 Å². The Balaban J connectivity index is 2.16. The zero-order valence-electron chi connectivity index (χ0n) is 25.0. The predicted octanol–water partition coefficient (Wildman–Crippen LogP) is 3.79. The smallest absolute Gasteiger partial charge is 0.248 e. The van der Waals surface area contributed by atoms with E-state index in [0.29, 0.717) is 38.9 Å². The predicted molar refractivity (Wildman–Crippen MR) is 153 cm³/mol. The first-order valence-electron chi connectivity index (χ1n) is 14.9. The summed E-state index contributed by atoms with van der Waals surface area (Å²) >= 11 is 0. The lowest BCUT2D eigenvalue weighted by molar-refractivity contribution is -0.157. The molecule has 7 atom stereocenters. The van der Waals surface area contributed by atoms with Gasteiger partial charge in [0, 0.05) is 25.7 Å². The van der Waals surface area contributed by atoms with Gasteiger partial charge in [0.05, 0.1) is 30.1 Å². The van der Waals surface area contributed by atoms with Crippen LogP contribution < -0.4 is 0 Å². The number of hydrogen-bond donors (Lipinski definition) is 1. The fraction of sp³-hybridized carbons (Fsp3) is 0.774. The molecule has 0 aliphatic carbocycles. The number of rotatable bonds is 15. The van der Waals surface area contributed by atoms with E-state index in [0.717, 1.165) is 19.3 Å². The molecule has 220 valence electrons. The molecule has 1 N–H and O–H groups in total. The van der Waals surface area contributed by atoms with Gasteiger partial charge in [-0.2, -0.15) is 0 Å². The van der Waals surface area contributed by atoms with Crippen LogP contribution in [0.5, 0.6) is 0 Å². The van der Waals surface area contributed by atoms with E-state index in [2.05, 4.69) is 20.1 Å². The van der Waals surface area contributed by atoms with Gasteiger partial charge in [0.15, 0.2) is 0 Å². The van der Waals surface area contributed by atoms with Gasteiger partial charge < -0.3 is 24.5 Å². The molecule has 8 heteroatoms. The number of carbonyl (C=O) groups is 3. The summed E-state index contributed by atoms with van der Waals surface area (Å²) in [5.41, 5.74) is -1.94. The summed E-state index contributed by atoms with van der Waals surface area (Å²) in [4.78, 5) is 48.4. The summed E-state index contributed by atoms with van der Waals surface area (Å²) < 4.78 is 6.82. The maximum atomic E-state index is 14.6. The molecule has 3 fully saturated rings. The minimum absolute atomic E-state index is 0.0511. The van der Waals surface area contributed by atoms with Crippen molar-refractivity contribution in [2.45, 2.75) is 109 Å². The Bertz CT molecular complexity index is 937. The third-order valence-corrected chi connectivity index (χ3v) is 9.06. The quantitative estimate of drug-likeness (QED) is 0.316. The van der Waals surface area contributed by atoms with Crippen LogP contribution in [0.15, 0.2) is 25.3 Å². The average Bonchev–Trinajstić information content (AvgIpc) is 3.45. The summed E-state index contributed by atoms with van der Waals surface area (Å²) in [6, 6.07) is -1.49. The molecular formula is C31H51N3O5. The molecule has 3 amide bonds. The van der Waals surface area contributed by atoms with Crippen molar-refractivity contribution in [2.24, 2.45) is 17.8 Å². The minimum Gasteiger partial charge on any atom is -0.394 e. The Morgan fingerprint density at radius 3 is 2.33 bits per heavy atom. The number of likely N-dealkylation sites (tertiary alicyclic amines) is 1. The lowest BCUT2D eigenvalue weighted by Gasteiger charge is -2.41. The molecule has 0 radical (unpaired) electrons. The first-order valence-corrected chi connectivity index (χ1v) is 14.9. The molecule has 0 saturated carbocycles. The normalized spacial score (nSPS) is 30.8. The topological polar surface area (TPSA) is 90.4 Å². The van der Waals surface area contributed by atoms with Gasteiger partial charge in [0.2, 0.25) is 17.7 Å². The van der Waals surface area contributed by atoms with E-state index in [9.17, 15) is 19.5 Å². The van der Waals surface area contributed by atoms with Crippen LogP contribution in [0.1, 0.15) is 80.1 Å². The van der Waals surface area contributed by atoms with Crippen LogP contribution >= 0.6 is 0 Å². The SMILES string of the molecule is C=CCN(CCC)C(=O)[C@@H]1[C@H]2C(=O)N([C@@H](CO)CC(C)C)C(C(=O)N(CC=C)C(C)CCC)C23CC[C@@]1(C)O3. The van der Waals surface area contributed by atoms with Crippen LogP contribution in [0, 0.1) is 17.8 Å². The molecule has 2 bridgehead atoms. The number of amides is 3. The highest BCUT2D eigenvalue weighted by Gasteiger charge is 2.78. The van der Waals surface area contributed by atoms with E-state index in [4.69, 9.17) is 4.74 Å². The number of fused-ring (bicyclic) bond motifs is 1. The van der Waals surface area contributed by atoms with Crippen molar-refractivity contribution in [3.8, 4) is 0 Å². The van der Waals surface area contributed by atoms with Crippen molar-refractivity contribution >= 4 is 17.7 Å². The molecule has 3 saturated heterocycles. The van der Waals surface area contributed by atoms with Gasteiger partial charge in [-0.15, -0.1) is 13.2 Å². The third kappa shape index (κ3) is 5.43. The van der Waals surface area contributed by atoms with Gasteiger partial charge in [-0.05, 0) is 51.9 Å². The zero-order chi connectivity index (χ0) is 29.1. The van der Waals surface area contributed by atoms with Crippen molar-refractivity contribution in [3.63, 3.8) is 0 Å². The van der Waals surface area contributed by atoms with Gasteiger partial charge in [-0.3, -0.25) is 14.4 Å². The lowest BCUT2D eigenvalue weighted by Crippen LogP contribution is -2.60. The Morgan fingerprint density at radius 1 is 1.13 bits per heavy atom. The van der Waals surface area contributed by atoms with Gasteiger partial charge in [-0.25, -0.2) is 0 Å². The summed E-state index contributed by atoms with van der Waals surface area (Å²) in [7, 11) is 0. The molecule has 3 rings (SSSR count). The molecule has 3 heterocycles. The first-order chi connectivity index (χ1) is 18.5. The Morgan fingerprint density at radius 2 is 1.79 bits per heavy atom. The summed E-state index contributed by atoms with van der Waals surface area (Å²) in [6.45, 7) is 20.9. The maximum absolute atomic E-state index is 14.6. The third-order valence-electron chi connectivity index (χ3n) is 9.06. The highest BCUT2D eigenvalue weighted by molar-refractivity contribution is 5.99. The maximum Gasteiger partial charge on any atom is 0.248 e. The van der Waals surface area contributed by atoms with Crippen LogP contribution in [0.25, 0.3) is 0 Å². The fourth-order valence-corrected chi connectivity index (χ4v) is 7.50. The number of nitrogens with zero attached hydrogens (tertiary/aromatic N) is 3. The lowest BCUT2D eigenvalue weighted by atomic mass is 9.66. The summed E-state index contributed by atoms with van der Waals surface area (Å²) in [6.07, 6.45) is 7.62. The number of carbonyl (C=O) groups excluding carboxylic acids is 3. The van der Waals surface area contributed by atoms with Gasteiger partial charge in [0.25, 0.3) is 0 Å². The van der Waals surface area contributed by atoms with Crippen molar-refractivity contribution in [3.05, 3.63) is 25.3 Å². The van der Waals surface area contributed by atoms with Crippen molar-refractivity contribution in [2.75, 3.05) is 26.2 Å². The van der Waals surface area contributed by atoms with Crippen LogP contribution in [0.4, 0.5) is 0 Å². The molecule has 0 aromatic rings. The highest BCUT2D eigenvalue weighted by atomic mass is 16.5. The molecule has 3 unspecified atom stereocenters. The second-order valence-corrected chi connectivity index (χ2v) is 12.4. The number of aliphatic hydroxyl groups excluding tert-OH is 1. The number of hydrogen-bond acceptors (Lipinski definition) is 5. The Labute approximate surface area is 235 Å². The summed E-state index contributed by atoms with van der Waals surface area (Å²) in [5, 5.41) is 10.5. The Hall–Kier alpha value is -2.19. The van der Waals surface area contributed by atoms with Crippen LogP contribution in [0.3, 0.4) is 0 Å². The first kappa shape index (κ1) is 31.3. The van der Waals surface area contributed by atoms with Gasteiger partial charge >= 0.3 is 0 Å². The molecule has 1 spiro atoms. The monoisotopic (exact) mass is 545 g/mol. The van der Waals surface area contributed by atoms with Crippen molar-refractivity contribution in [1.29, 1.82) is 0 Å². The van der Waals surface area contributed by atoms with E-state index >= 15 is 0 Å². The molecule has 8 nitrogen and oxygen atoms in total. The fourth-order valence-electron chi connectivity index (χ4n) is 7.50. The van der Waals surface area contributed by atoms with Crippen molar-refractivity contribution in [1.82, 2.24) is 14.7 Å². The minimum atomic E-state index is -1.11. The van der Waals surface area contributed by atoms with E-state index in [-0.39, 0.29) is 36.3 Å². The van der Waals surface area contributed by atoms with Gasteiger partial charge in [-0.1, -0.05) is 46.3 Å². The highest BCUT2D eigenvalue weighted by Crippen LogP contribution is 2.64. The van der Waals surface area contributed by atoms with Crippen LogP contribution in [-0.2, 0) is 19.1 Å². The molecule has 3 aliphatic rings. The van der Waals surface area contributed by atoms with E-state index < -0.39 is 35.1 Å². The van der Waals surface area contributed by atoms with E-state index in [1.165, 1.54) is 0 Å². The average molecular weight is 546 g/mol. The molecule has 0 aromatic carbocycles. The molecular weight excluding hydrogens is 494 g/mol. The number of aliphatic hydroxyl groups is 1. The van der Waals surface area contributed by atoms with Crippen molar-refractivity contribution < 1.29 is 24.2 Å². The largest absolute Gasteiger partial charge is 0.394 e. The molecule has 39 heavy (non-hydrogen) atoms. The van der Waals surface area contributed by atoms with E-state index in [1.807, 2.05) is 34.6 Å². The second kappa shape index (κ2) is 12.5. The molecule has 0 aromatic heterocycles. The second-order valence-electron chi connectivity index (χ2n) is 12.4. The standard InChI is InChI=1S/C31H51N3O5/c1-9-13-22(7)33(18-12-4)29(38)26-31-15-14-30(8,39-31)24(27(36)32(16-10-2)17-11-3)25(31)28(37)34(26)23(20-35)19-21(5)6/h10,12,21-26,35H,2,4,9,11,13-20H2,1,3,5-8H3/t22?,23-,24+,25+,26?,30-,31?/m1/s1.